The summed E-state index contributed by atoms with van der Waals surface area (Å²) >= 11 is 0. The molecule has 1 rings (SSSR count). The molecule has 1 aliphatic carbocycles. The van der Waals surface area contributed by atoms with Crippen LogP contribution in [-0.4, -0.2) is 39.6 Å². The van der Waals surface area contributed by atoms with E-state index in [4.69, 9.17) is 19.9 Å². The fourth-order valence-electron chi connectivity index (χ4n) is 1.47. The van der Waals surface area contributed by atoms with E-state index in [1.807, 2.05) is 18.2 Å². The highest BCUT2D eigenvalue weighted by molar-refractivity contribution is 5.16. The van der Waals surface area contributed by atoms with Gasteiger partial charge in [-0.2, -0.15) is 0 Å². The second kappa shape index (κ2) is 8.33. The van der Waals surface area contributed by atoms with E-state index in [-0.39, 0.29) is 6.10 Å². The van der Waals surface area contributed by atoms with Gasteiger partial charge in [-0.15, -0.1) is 0 Å². The maximum absolute atomic E-state index is 5.61. The van der Waals surface area contributed by atoms with Crippen molar-refractivity contribution in [3.8, 4) is 0 Å². The average Bonchev–Trinajstić information content (AvgIpc) is 2.33. The summed E-state index contributed by atoms with van der Waals surface area (Å²) in [6, 6.07) is 0. The lowest BCUT2D eigenvalue weighted by atomic mass is 10.1. The molecule has 4 nitrogen and oxygen atoms in total. The molecule has 1 unspecified atom stereocenters. The van der Waals surface area contributed by atoms with Crippen LogP contribution >= 0.6 is 0 Å². The van der Waals surface area contributed by atoms with E-state index < -0.39 is 0 Å². The van der Waals surface area contributed by atoms with Gasteiger partial charge in [-0.05, 0) is 6.08 Å². The van der Waals surface area contributed by atoms with Gasteiger partial charge in [0.25, 0.3) is 0 Å². The minimum atomic E-state index is 0.103. The van der Waals surface area contributed by atoms with Gasteiger partial charge in [0.15, 0.2) is 0 Å². The fourth-order valence-corrected chi connectivity index (χ4v) is 1.47. The summed E-state index contributed by atoms with van der Waals surface area (Å²) in [6.45, 7) is 2.57. The molecule has 4 heteroatoms. The number of hydrogen-bond acceptors (Lipinski definition) is 4. The van der Waals surface area contributed by atoms with Gasteiger partial charge in [0, 0.05) is 33.1 Å². The number of allylic oxidation sites excluding steroid dienone is 2. The van der Waals surface area contributed by atoms with E-state index in [2.05, 4.69) is 0 Å². The topological polar surface area (TPSA) is 53.7 Å². The second-order valence-corrected chi connectivity index (χ2v) is 3.61. The Bertz CT molecular complexity index is 238. The van der Waals surface area contributed by atoms with Gasteiger partial charge in [0.2, 0.25) is 0 Å². The van der Waals surface area contributed by atoms with Gasteiger partial charge in [-0.1, -0.05) is 12.2 Å². The van der Waals surface area contributed by atoms with Crippen LogP contribution in [0.4, 0.5) is 0 Å². The molecule has 0 spiro atoms. The van der Waals surface area contributed by atoms with E-state index in [9.17, 15) is 0 Å². The van der Waals surface area contributed by atoms with Crippen molar-refractivity contribution in [2.24, 2.45) is 5.73 Å². The third kappa shape index (κ3) is 5.30. The van der Waals surface area contributed by atoms with Gasteiger partial charge in [0.1, 0.15) is 0 Å². The smallest absolute Gasteiger partial charge is 0.0988 e. The van der Waals surface area contributed by atoms with E-state index in [0.29, 0.717) is 19.8 Å². The maximum atomic E-state index is 5.61. The molecular formula is C12H21NO3. The van der Waals surface area contributed by atoms with Crippen molar-refractivity contribution in [2.45, 2.75) is 18.9 Å². The van der Waals surface area contributed by atoms with Crippen LogP contribution in [-0.2, 0) is 14.2 Å². The third-order valence-electron chi connectivity index (χ3n) is 2.24. The summed E-state index contributed by atoms with van der Waals surface area (Å²) in [5.74, 6) is 0.973. The van der Waals surface area contributed by atoms with Crippen molar-refractivity contribution in [1.82, 2.24) is 0 Å². The van der Waals surface area contributed by atoms with Gasteiger partial charge < -0.3 is 19.9 Å². The van der Waals surface area contributed by atoms with E-state index in [1.165, 1.54) is 0 Å². The maximum Gasteiger partial charge on any atom is 0.0988 e. The molecule has 0 aromatic carbocycles. The molecule has 1 atom stereocenters. The molecule has 0 radical (unpaired) electrons. The van der Waals surface area contributed by atoms with Crippen LogP contribution in [0.2, 0.25) is 0 Å². The van der Waals surface area contributed by atoms with Gasteiger partial charge >= 0.3 is 0 Å². The Hall–Kier alpha value is -0.840. The molecular weight excluding hydrogens is 206 g/mol. The largest absolute Gasteiger partial charge is 0.498 e. The van der Waals surface area contributed by atoms with Crippen molar-refractivity contribution < 1.29 is 14.2 Å². The molecule has 0 aliphatic heterocycles. The first-order valence-corrected chi connectivity index (χ1v) is 5.67. The van der Waals surface area contributed by atoms with Crippen LogP contribution < -0.4 is 5.73 Å². The van der Waals surface area contributed by atoms with Gasteiger partial charge in [-0.25, -0.2) is 0 Å². The Kier molecular flexibility index (Phi) is 6.88. The molecule has 0 aromatic heterocycles. The highest BCUT2D eigenvalue weighted by Gasteiger charge is 2.12. The van der Waals surface area contributed by atoms with Crippen LogP contribution in [0.15, 0.2) is 24.0 Å². The van der Waals surface area contributed by atoms with Crippen LogP contribution in [0.25, 0.3) is 0 Å². The molecule has 0 heterocycles. The quantitative estimate of drug-likeness (QED) is 0.634. The van der Waals surface area contributed by atoms with E-state index in [1.54, 1.807) is 7.11 Å². The predicted molar refractivity (Wildman–Crippen MR) is 63.1 cm³/mol. The van der Waals surface area contributed by atoms with Crippen LogP contribution in [0.5, 0.6) is 0 Å². The van der Waals surface area contributed by atoms with Crippen molar-refractivity contribution in [1.29, 1.82) is 0 Å². The number of ether oxygens (including phenoxy) is 3. The third-order valence-corrected chi connectivity index (χ3v) is 2.24. The summed E-state index contributed by atoms with van der Waals surface area (Å²) in [6.07, 6.45) is 7.78. The molecule has 0 bridgehead atoms. The highest BCUT2D eigenvalue weighted by Crippen LogP contribution is 2.16. The first-order valence-electron chi connectivity index (χ1n) is 5.67. The van der Waals surface area contributed by atoms with E-state index >= 15 is 0 Å². The number of nitrogens with two attached hydrogens (primary N) is 1. The Balaban J connectivity index is 2.17. The lowest BCUT2D eigenvalue weighted by Gasteiger charge is -2.19. The van der Waals surface area contributed by atoms with Crippen LogP contribution in [0, 0.1) is 0 Å². The summed E-state index contributed by atoms with van der Waals surface area (Å²) in [5, 5.41) is 0. The van der Waals surface area contributed by atoms with Gasteiger partial charge in [-0.3, -0.25) is 0 Å². The SMILES string of the molecule is COCCCOC1=CC=CC(OCCN)C1. The fraction of sp³-hybridized carbons (Fsp3) is 0.667. The summed E-state index contributed by atoms with van der Waals surface area (Å²) in [5.41, 5.74) is 5.39. The second-order valence-electron chi connectivity index (χ2n) is 3.61. The zero-order valence-corrected chi connectivity index (χ0v) is 9.85. The monoisotopic (exact) mass is 227 g/mol. The number of hydrogen-bond donors (Lipinski definition) is 1. The van der Waals surface area contributed by atoms with Crippen molar-refractivity contribution in [2.75, 3.05) is 33.5 Å². The molecule has 92 valence electrons. The molecule has 0 fully saturated rings. The Morgan fingerprint density at radius 2 is 2.25 bits per heavy atom. The molecule has 0 aromatic rings. The van der Waals surface area contributed by atoms with Crippen molar-refractivity contribution in [3.63, 3.8) is 0 Å². The molecule has 2 N–H and O–H groups in total. The number of rotatable bonds is 8. The summed E-state index contributed by atoms with van der Waals surface area (Å²) < 4.78 is 16.1. The van der Waals surface area contributed by atoms with Crippen LogP contribution in [0.1, 0.15) is 12.8 Å². The minimum Gasteiger partial charge on any atom is -0.498 e. The standard InChI is InChI=1S/C12H21NO3/c1-14-7-3-8-15-11-4-2-5-12(10-11)16-9-6-13/h2,4-5,12H,3,6-10,13H2,1H3. The zero-order valence-electron chi connectivity index (χ0n) is 9.85. The zero-order chi connectivity index (χ0) is 11.6. The summed E-state index contributed by atoms with van der Waals surface area (Å²) in [7, 11) is 1.69. The Morgan fingerprint density at radius 1 is 1.38 bits per heavy atom. The molecule has 16 heavy (non-hydrogen) atoms. The van der Waals surface area contributed by atoms with Crippen LogP contribution in [0.3, 0.4) is 0 Å². The molecule has 0 saturated heterocycles. The normalized spacial score (nSPS) is 19.6. The van der Waals surface area contributed by atoms with Gasteiger partial charge in [0.05, 0.1) is 25.1 Å². The lowest BCUT2D eigenvalue weighted by Crippen LogP contribution is -2.19. The predicted octanol–water partition coefficient (Wildman–Crippen LogP) is 1.23. The summed E-state index contributed by atoms with van der Waals surface area (Å²) in [4.78, 5) is 0. The highest BCUT2D eigenvalue weighted by atomic mass is 16.5. The molecule has 0 saturated carbocycles. The molecule has 0 amide bonds. The average molecular weight is 227 g/mol. The first-order chi connectivity index (χ1) is 7.86. The van der Waals surface area contributed by atoms with E-state index in [0.717, 1.165) is 25.2 Å². The van der Waals surface area contributed by atoms with Crippen molar-refractivity contribution >= 4 is 0 Å². The Labute approximate surface area is 97.0 Å². The molecule has 1 aliphatic rings. The first kappa shape index (κ1) is 13.2. The Morgan fingerprint density at radius 3 is 3.00 bits per heavy atom. The number of methoxy groups -OCH3 is 1. The minimum absolute atomic E-state index is 0.103. The van der Waals surface area contributed by atoms with Crippen molar-refractivity contribution in [3.05, 3.63) is 24.0 Å². The lowest BCUT2D eigenvalue weighted by molar-refractivity contribution is 0.0703.